The SMILES string of the molecule is C[C@@H]1CN(c2ncc([C@H]3c4[nH]c5ccc(Cl)cc5c4CCN3c3nc(C(F)(F)F)cc(C(F)(F)F)n3)cn2)C[C@H](C)N1. The van der Waals surface area contributed by atoms with E-state index in [1.807, 2.05) is 18.7 Å². The Hall–Kier alpha value is -3.65. The van der Waals surface area contributed by atoms with Crippen molar-refractivity contribution in [3.8, 4) is 0 Å². The number of alkyl halides is 6. The van der Waals surface area contributed by atoms with Crippen molar-refractivity contribution in [3.63, 3.8) is 0 Å². The topological polar surface area (TPSA) is 85.9 Å². The Labute approximate surface area is 241 Å². The lowest BCUT2D eigenvalue weighted by molar-refractivity contribution is -0.147. The fourth-order valence-electron chi connectivity index (χ4n) is 5.80. The van der Waals surface area contributed by atoms with Gasteiger partial charge in [-0.25, -0.2) is 19.9 Å². The molecule has 42 heavy (non-hydrogen) atoms. The molecule has 0 unspecified atom stereocenters. The summed E-state index contributed by atoms with van der Waals surface area (Å²) in [5.74, 6) is -0.224. The first-order valence-electron chi connectivity index (χ1n) is 13.2. The van der Waals surface area contributed by atoms with E-state index in [1.54, 1.807) is 30.6 Å². The summed E-state index contributed by atoms with van der Waals surface area (Å²) in [5, 5.41) is 4.73. The van der Waals surface area contributed by atoms with Gasteiger partial charge in [0.1, 0.15) is 6.04 Å². The van der Waals surface area contributed by atoms with Crippen molar-refractivity contribution in [1.29, 1.82) is 0 Å². The minimum atomic E-state index is -5.12. The zero-order valence-corrected chi connectivity index (χ0v) is 23.1. The average Bonchev–Trinajstić information content (AvgIpc) is 3.28. The minimum Gasteiger partial charge on any atom is -0.356 e. The van der Waals surface area contributed by atoms with Gasteiger partial charge in [-0.1, -0.05) is 11.6 Å². The van der Waals surface area contributed by atoms with Crippen LogP contribution >= 0.6 is 11.6 Å². The maximum atomic E-state index is 13.7. The number of piperazine rings is 1. The zero-order valence-electron chi connectivity index (χ0n) is 22.4. The van der Waals surface area contributed by atoms with Gasteiger partial charge < -0.3 is 20.1 Å². The summed E-state index contributed by atoms with van der Waals surface area (Å²) >= 11 is 6.24. The summed E-state index contributed by atoms with van der Waals surface area (Å²) in [4.78, 5) is 22.9. The first-order chi connectivity index (χ1) is 19.8. The van der Waals surface area contributed by atoms with Crippen LogP contribution in [0, 0.1) is 0 Å². The molecule has 0 amide bonds. The summed E-state index contributed by atoms with van der Waals surface area (Å²) in [6, 6.07) is 4.66. The second-order valence-corrected chi connectivity index (χ2v) is 11.1. The smallest absolute Gasteiger partial charge is 0.356 e. The molecule has 2 aliphatic heterocycles. The Bertz CT molecular complexity index is 1580. The number of fused-ring (bicyclic) bond motifs is 3. The van der Waals surface area contributed by atoms with Gasteiger partial charge in [0.25, 0.3) is 0 Å². The molecule has 1 saturated heterocycles. The van der Waals surface area contributed by atoms with Crippen LogP contribution in [-0.2, 0) is 18.8 Å². The van der Waals surface area contributed by atoms with Crippen LogP contribution < -0.4 is 15.1 Å². The third kappa shape index (κ3) is 5.33. The Kier molecular flexibility index (Phi) is 6.96. The van der Waals surface area contributed by atoms with Gasteiger partial charge in [0, 0.05) is 71.3 Å². The predicted octanol–water partition coefficient (Wildman–Crippen LogP) is 5.78. The van der Waals surface area contributed by atoms with Crippen molar-refractivity contribution in [3.05, 3.63) is 69.9 Å². The third-order valence-electron chi connectivity index (χ3n) is 7.46. The van der Waals surface area contributed by atoms with Gasteiger partial charge in [-0.3, -0.25) is 0 Å². The molecule has 15 heteroatoms. The van der Waals surface area contributed by atoms with Crippen LogP contribution in [0.15, 0.2) is 36.7 Å². The van der Waals surface area contributed by atoms with Crippen molar-refractivity contribution >= 4 is 34.4 Å². The summed E-state index contributed by atoms with van der Waals surface area (Å²) in [5.41, 5.74) is -0.788. The van der Waals surface area contributed by atoms with Crippen LogP contribution in [0.4, 0.5) is 38.2 Å². The summed E-state index contributed by atoms with van der Waals surface area (Å²) in [6.45, 7) is 5.47. The molecule has 5 heterocycles. The number of hydrogen-bond donors (Lipinski definition) is 2. The number of nitrogens with zero attached hydrogens (tertiary/aromatic N) is 6. The molecule has 8 nitrogen and oxygen atoms in total. The Morgan fingerprint density at radius 2 is 1.50 bits per heavy atom. The molecule has 2 N–H and O–H groups in total. The zero-order chi connectivity index (χ0) is 30.0. The van der Waals surface area contributed by atoms with Crippen molar-refractivity contribution in [2.24, 2.45) is 0 Å². The summed E-state index contributed by atoms with van der Waals surface area (Å²) in [7, 11) is 0. The molecule has 3 atom stereocenters. The van der Waals surface area contributed by atoms with E-state index in [2.05, 4.69) is 30.2 Å². The standard InChI is InChI=1S/C27H25ClF6N8/c1-13-11-41(12-14(2)37-13)24-35-9-15(10-36-24)23-22-17(18-7-16(28)3-4-19(18)38-22)5-6-42(23)25-39-20(26(29,30)31)8-21(40-25)27(32,33)34/h3-4,7-10,13-14,23,37-38H,5-6,11-12H2,1-2H3/t13-,14+,23-/m0/s1. The highest BCUT2D eigenvalue weighted by atomic mass is 35.5. The van der Waals surface area contributed by atoms with Crippen LogP contribution in [0.25, 0.3) is 10.9 Å². The van der Waals surface area contributed by atoms with E-state index in [9.17, 15) is 26.3 Å². The molecule has 6 rings (SSSR count). The molecule has 0 spiro atoms. The van der Waals surface area contributed by atoms with Crippen molar-refractivity contribution < 1.29 is 26.3 Å². The fraction of sp³-hybridized carbons (Fsp3) is 0.407. The Morgan fingerprint density at radius 3 is 2.10 bits per heavy atom. The fourth-order valence-corrected chi connectivity index (χ4v) is 5.97. The molecular weight excluding hydrogens is 586 g/mol. The van der Waals surface area contributed by atoms with Crippen molar-refractivity contribution in [1.82, 2.24) is 30.2 Å². The van der Waals surface area contributed by atoms with Crippen LogP contribution in [0.3, 0.4) is 0 Å². The number of benzene rings is 1. The van der Waals surface area contributed by atoms with Gasteiger partial charge in [0.15, 0.2) is 11.4 Å². The number of halogens is 7. The average molecular weight is 611 g/mol. The molecule has 4 aromatic rings. The quantitative estimate of drug-likeness (QED) is 0.285. The molecule has 0 bridgehead atoms. The van der Waals surface area contributed by atoms with Gasteiger partial charge in [0.2, 0.25) is 11.9 Å². The van der Waals surface area contributed by atoms with Gasteiger partial charge in [-0.15, -0.1) is 0 Å². The maximum absolute atomic E-state index is 13.7. The first kappa shape index (κ1) is 28.5. The Morgan fingerprint density at radius 1 is 0.881 bits per heavy atom. The third-order valence-corrected chi connectivity index (χ3v) is 7.69. The molecule has 0 aliphatic carbocycles. The molecule has 2 aliphatic rings. The first-order valence-corrected chi connectivity index (χ1v) is 13.6. The van der Waals surface area contributed by atoms with Crippen molar-refractivity contribution in [2.75, 3.05) is 29.4 Å². The number of nitrogens with one attached hydrogen (secondary N) is 2. The molecule has 1 fully saturated rings. The molecule has 222 valence electrons. The highest BCUT2D eigenvalue weighted by molar-refractivity contribution is 6.31. The largest absolute Gasteiger partial charge is 0.433 e. The van der Waals surface area contributed by atoms with Gasteiger partial charge in [-0.2, -0.15) is 26.3 Å². The Balaban J connectivity index is 1.48. The number of rotatable bonds is 3. The van der Waals surface area contributed by atoms with E-state index in [-0.39, 0.29) is 24.7 Å². The van der Waals surface area contributed by atoms with Crippen molar-refractivity contribution in [2.45, 2.75) is 50.7 Å². The molecular formula is C27H25ClF6N8. The van der Waals surface area contributed by atoms with Crippen LogP contribution in [0.1, 0.15) is 48.1 Å². The predicted molar refractivity (Wildman–Crippen MR) is 145 cm³/mol. The number of aromatic amines is 1. The van der Waals surface area contributed by atoms with Gasteiger partial charge in [0.05, 0.1) is 0 Å². The van der Waals surface area contributed by atoms with E-state index in [1.165, 1.54) is 4.90 Å². The normalized spacial score (nSPS) is 21.6. The van der Waals surface area contributed by atoms with E-state index in [0.717, 1.165) is 16.5 Å². The monoisotopic (exact) mass is 610 g/mol. The molecule has 3 aromatic heterocycles. The highest BCUT2D eigenvalue weighted by Gasteiger charge is 2.42. The van der Waals surface area contributed by atoms with Gasteiger partial charge in [-0.05, 0) is 50.1 Å². The molecule has 1 aromatic carbocycles. The second kappa shape index (κ2) is 10.3. The van der Waals surface area contributed by atoms with Crippen LogP contribution in [-0.4, -0.2) is 56.6 Å². The van der Waals surface area contributed by atoms with E-state index >= 15 is 0 Å². The lowest BCUT2D eigenvalue weighted by Gasteiger charge is -2.37. The second-order valence-electron chi connectivity index (χ2n) is 10.7. The summed E-state index contributed by atoms with van der Waals surface area (Å²) in [6.07, 6.45) is -6.85. The molecule has 0 radical (unpaired) electrons. The van der Waals surface area contributed by atoms with E-state index in [4.69, 9.17) is 11.6 Å². The van der Waals surface area contributed by atoms with E-state index < -0.39 is 35.7 Å². The number of H-pyrrole nitrogens is 1. The van der Waals surface area contributed by atoms with Crippen LogP contribution in [0.2, 0.25) is 5.02 Å². The molecule has 0 saturated carbocycles. The van der Waals surface area contributed by atoms with Crippen LogP contribution in [0.5, 0.6) is 0 Å². The lowest BCUT2D eigenvalue weighted by atomic mass is 9.94. The van der Waals surface area contributed by atoms with Gasteiger partial charge >= 0.3 is 12.4 Å². The highest BCUT2D eigenvalue weighted by Crippen LogP contribution is 2.42. The number of anilines is 2. The van der Waals surface area contributed by atoms with E-state index in [0.29, 0.717) is 41.7 Å². The minimum absolute atomic E-state index is 0.0321. The maximum Gasteiger partial charge on any atom is 0.433 e. The lowest BCUT2D eigenvalue weighted by Crippen LogP contribution is -2.54. The summed E-state index contributed by atoms with van der Waals surface area (Å²) < 4.78 is 82.2. The number of hydrogen-bond acceptors (Lipinski definition) is 7. The number of aromatic nitrogens is 5.